The Morgan fingerprint density at radius 2 is 1.69 bits per heavy atom. The minimum absolute atomic E-state index is 0.142. The molecule has 2 fully saturated rings. The number of nitrogens with zero attached hydrogens (tertiary/aromatic N) is 5. The summed E-state index contributed by atoms with van der Waals surface area (Å²) in [4.78, 5) is 15.8. The van der Waals surface area contributed by atoms with E-state index in [0.29, 0.717) is 37.4 Å². The van der Waals surface area contributed by atoms with Gasteiger partial charge in [0.1, 0.15) is 5.82 Å². The molecule has 8 nitrogen and oxygen atoms in total. The molecule has 0 spiro atoms. The van der Waals surface area contributed by atoms with Crippen LogP contribution in [0.2, 0.25) is 0 Å². The highest BCUT2D eigenvalue weighted by atomic mass is 32.2. The highest BCUT2D eigenvalue weighted by molar-refractivity contribution is 7.89. The number of carbonyl (C=O) groups excluding carboxylic acids is 1. The summed E-state index contributed by atoms with van der Waals surface area (Å²) in [6.45, 7) is 7.81. The number of aromatic nitrogens is 3. The van der Waals surface area contributed by atoms with Gasteiger partial charge in [-0.15, -0.1) is 10.2 Å². The third kappa shape index (κ3) is 4.47. The van der Waals surface area contributed by atoms with Gasteiger partial charge in [-0.05, 0) is 69.7 Å². The van der Waals surface area contributed by atoms with Gasteiger partial charge in [-0.2, -0.15) is 4.31 Å². The molecule has 0 aliphatic carbocycles. The molecule has 5 rings (SSSR count). The predicted octanol–water partition coefficient (Wildman–Crippen LogP) is 3.46. The SMILES string of the molecule is Cc1cc(C)c(S(=O)(=O)N2CCC(C(=O)N3CCCC(c4nnc5ccccn45)C3)CC2)c(C)c1. The maximum atomic E-state index is 13.4. The molecule has 2 saturated heterocycles. The van der Waals surface area contributed by atoms with Crippen LogP contribution < -0.4 is 0 Å². The van der Waals surface area contributed by atoms with E-state index in [0.717, 1.165) is 47.5 Å². The Balaban J connectivity index is 1.25. The molecule has 3 aromatic rings. The monoisotopic (exact) mass is 495 g/mol. The summed E-state index contributed by atoms with van der Waals surface area (Å²) in [5, 5.41) is 8.69. The second-order valence-corrected chi connectivity index (χ2v) is 11.9. The third-order valence-corrected chi connectivity index (χ3v) is 9.65. The van der Waals surface area contributed by atoms with Crippen LogP contribution in [-0.2, 0) is 14.8 Å². The second kappa shape index (κ2) is 9.35. The Morgan fingerprint density at radius 3 is 2.40 bits per heavy atom. The largest absolute Gasteiger partial charge is 0.342 e. The van der Waals surface area contributed by atoms with E-state index in [1.54, 1.807) is 4.31 Å². The van der Waals surface area contributed by atoms with Crippen LogP contribution in [0.4, 0.5) is 0 Å². The molecule has 0 radical (unpaired) electrons. The van der Waals surface area contributed by atoms with Crippen LogP contribution in [0.5, 0.6) is 0 Å². The molecule has 2 aliphatic heterocycles. The number of hydrogen-bond donors (Lipinski definition) is 0. The van der Waals surface area contributed by atoms with E-state index in [4.69, 9.17) is 0 Å². The van der Waals surface area contributed by atoms with Gasteiger partial charge in [0.25, 0.3) is 0 Å². The van der Waals surface area contributed by atoms with Gasteiger partial charge < -0.3 is 4.90 Å². The van der Waals surface area contributed by atoms with Gasteiger partial charge in [-0.3, -0.25) is 9.20 Å². The van der Waals surface area contributed by atoms with Gasteiger partial charge in [0.05, 0.1) is 4.90 Å². The number of aryl methyl sites for hydroxylation is 3. The number of hydrogen-bond acceptors (Lipinski definition) is 5. The molecular weight excluding hydrogens is 462 g/mol. The predicted molar refractivity (Wildman–Crippen MR) is 134 cm³/mol. The maximum Gasteiger partial charge on any atom is 0.243 e. The number of likely N-dealkylation sites (tertiary alicyclic amines) is 1. The van der Waals surface area contributed by atoms with Crippen molar-refractivity contribution >= 4 is 21.6 Å². The van der Waals surface area contributed by atoms with Gasteiger partial charge in [0.2, 0.25) is 15.9 Å². The van der Waals surface area contributed by atoms with Gasteiger partial charge in [0, 0.05) is 44.2 Å². The molecule has 1 aromatic carbocycles. The molecule has 35 heavy (non-hydrogen) atoms. The highest BCUT2D eigenvalue weighted by Gasteiger charge is 2.36. The Hall–Kier alpha value is -2.78. The molecule has 2 aromatic heterocycles. The smallest absolute Gasteiger partial charge is 0.243 e. The molecule has 0 N–H and O–H groups in total. The molecule has 0 bridgehead atoms. The summed E-state index contributed by atoms with van der Waals surface area (Å²) in [5.74, 6) is 1.06. The zero-order valence-electron chi connectivity index (χ0n) is 20.6. The van der Waals surface area contributed by atoms with E-state index < -0.39 is 10.0 Å². The molecular formula is C26H33N5O3S. The molecule has 1 amide bonds. The quantitative estimate of drug-likeness (QED) is 0.553. The van der Waals surface area contributed by atoms with Gasteiger partial charge in [-0.25, -0.2) is 8.42 Å². The number of carbonyl (C=O) groups is 1. The van der Waals surface area contributed by atoms with Gasteiger partial charge in [-0.1, -0.05) is 23.8 Å². The van der Waals surface area contributed by atoms with E-state index in [1.807, 2.05) is 66.6 Å². The van der Waals surface area contributed by atoms with Crippen molar-refractivity contribution in [1.82, 2.24) is 23.8 Å². The van der Waals surface area contributed by atoms with E-state index in [-0.39, 0.29) is 17.7 Å². The van der Waals surface area contributed by atoms with E-state index in [9.17, 15) is 13.2 Å². The summed E-state index contributed by atoms with van der Waals surface area (Å²) < 4.78 is 30.4. The van der Waals surface area contributed by atoms with Crippen molar-refractivity contribution in [3.8, 4) is 0 Å². The lowest BCUT2D eigenvalue weighted by Gasteiger charge is -2.37. The van der Waals surface area contributed by atoms with Crippen molar-refractivity contribution in [3.05, 3.63) is 59.0 Å². The molecule has 4 heterocycles. The van der Waals surface area contributed by atoms with Gasteiger partial charge >= 0.3 is 0 Å². The fourth-order valence-corrected chi connectivity index (χ4v) is 7.71. The average Bonchev–Trinajstić information content (AvgIpc) is 3.27. The number of sulfonamides is 1. The van der Waals surface area contributed by atoms with Gasteiger partial charge in [0.15, 0.2) is 5.65 Å². The summed E-state index contributed by atoms with van der Waals surface area (Å²) in [6, 6.07) is 9.68. The van der Waals surface area contributed by atoms with Crippen molar-refractivity contribution in [1.29, 1.82) is 0 Å². The van der Waals surface area contributed by atoms with Crippen LogP contribution in [0.25, 0.3) is 5.65 Å². The third-order valence-electron chi connectivity index (χ3n) is 7.44. The normalized spacial score (nSPS) is 20.4. The number of fused-ring (bicyclic) bond motifs is 1. The minimum Gasteiger partial charge on any atom is -0.342 e. The van der Waals surface area contributed by atoms with Crippen LogP contribution >= 0.6 is 0 Å². The zero-order chi connectivity index (χ0) is 24.7. The standard InChI is InChI=1S/C26H33N5O3S/c1-18-15-19(2)24(20(3)16-18)35(33,34)30-13-9-21(10-14-30)26(32)29-11-6-7-22(17-29)25-28-27-23-8-4-5-12-31(23)25/h4-5,8,12,15-16,21-22H,6-7,9-11,13-14,17H2,1-3H3. The van der Waals surface area contributed by atoms with Crippen LogP contribution in [-0.4, -0.2) is 64.3 Å². The number of piperidine rings is 2. The molecule has 1 atom stereocenters. The van der Waals surface area contributed by atoms with Crippen molar-refractivity contribution < 1.29 is 13.2 Å². The van der Waals surface area contributed by atoms with E-state index >= 15 is 0 Å². The average molecular weight is 496 g/mol. The van der Waals surface area contributed by atoms with Crippen molar-refractivity contribution in [2.75, 3.05) is 26.2 Å². The van der Waals surface area contributed by atoms with Crippen LogP contribution in [0.3, 0.4) is 0 Å². The van der Waals surface area contributed by atoms with E-state index in [2.05, 4.69) is 10.2 Å². The molecule has 1 unspecified atom stereocenters. The Kier molecular flexibility index (Phi) is 6.40. The first-order chi connectivity index (χ1) is 16.8. The Bertz CT molecular complexity index is 1340. The highest BCUT2D eigenvalue weighted by Crippen LogP contribution is 2.31. The number of benzene rings is 1. The summed E-state index contributed by atoms with van der Waals surface area (Å²) in [7, 11) is -3.58. The fourth-order valence-electron chi connectivity index (χ4n) is 5.83. The first kappa shape index (κ1) is 23.9. The van der Waals surface area contributed by atoms with Crippen LogP contribution in [0.1, 0.15) is 54.1 Å². The zero-order valence-corrected chi connectivity index (χ0v) is 21.5. The summed E-state index contributed by atoms with van der Waals surface area (Å²) >= 11 is 0. The first-order valence-electron chi connectivity index (χ1n) is 12.4. The number of amides is 1. The Morgan fingerprint density at radius 1 is 0.971 bits per heavy atom. The summed E-state index contributed by atoms with van der Waals surface area (Å²) in [5.41, 5.74) is 3.43. The maximum absolute atomic E-state index is 13.4. The van der Waals surface area contributed by atoms with Crippen molar-refractivity contribution in [2.24, 2.45) is 5.92 Å². The van der Waals surface area contributed by atoms with Crippen molar-refractivity contribution in [3.63, 3.8) is 0 Å². The minimum atomic E-state index is -3.58. The van der Waals surface area contributed by atoms with Crippen molar-refractivity contribution in [2.45, 2.75) is 57.3 Å². The molecule has 2 aliphatic rings. The lowest BCUT2D eigenvalue weighted by Crippen LogP contribution is -2.47. The number of rotatable bonds is 4. The molecule has 0 saturated carbocycles. The lowest BCUT2D eigenvalue weighted by molar-refractivity contribution is -0.138. The second-order valence-electron chi connectivity index (χ2n) is 10.0. The van der Waals surface area contributed by atoms with E-state index in [1.165, 1.54) is 0 Å². The summed E-state index contributed by atoms with van der Waals surface area (Å²) in [6.07, 6.45) is 4.98. The van der Waals surface area contributed by atoms with Crippen LogP contribution in [0.15, 0.2) is 41.4 Å². The van der Waals surface area contributed by atoms with Crippen LogP contribution in [0, 0.1) is 26.7 Å². The number of pyridine rings is 1. The molecule has 186 valence electrons. The fraction of sp³-hybridized carbons (Fsp3) is 0.500. The topological polar surface area (TPSA) is 87.9 Å². The first-order valence-corrected chi connectivity index (χ1v) is 13.9. The molecule has 9 heteroatoms. The Labute approximate surface area is 207 Å². The lowest BCUT2D eigenvalue weighted by atomic mass is 9.92.